The lowest BCUT2D eigenvalue weighted by molar-refractivity contribution is -0.181. The highest BCUT2D eigenvalue weighted by Gasteiger charge is 2.42. The maximum atomic E-state index is 12.9. The molecule has 1 atom stereocenters. The highest BCUT2D eigenvalue weighted by Crippen LogP contribution is 2.27. The number of benzene rings is 1. The Bertz CT molecular complexity index is 475. The van der Waals surface area contributed by atoms with E-state index >= 15 is 0 Å². The largest absolute Gasteiger partial charge is 0.468 e. The molecule has 0 aliphatic carbocycles. The molecule has 1 unspecified atom stereocenters. The second kappa shape index (κ2) is 6.86. The Labute approximate surface area is 118 Å². The number of carbonyl (C=O) groups excluding carboxylic acids is 1. The van der Waals surface area contributed by atoms with Gasteiger partial charge in [-0.3, -0.25) is 4.79 Å². The van der Waals surface area contributed by atoms with Gasteiger partial charge in [-0.2, -0.15) is 13.2 Å². The summed E-state index contributed by atoms with van der Waals surface area (Å²) in [7, 11) is 1.08. The molecule has 2 N–H and O–H groups in total. The first-order valence-electron chi connectivity index (χ1n) is 5.94. The Morgan fingerprint density at radius 2 is 1.76 bits per heavy atom. The standard InChI is InChI=1S/C13H15F4NO3/c1-20-11(19)12(6-18,7-21-8-13(15,16)17)9-2-4-10(14)5-3-9/h2-5H,6-8,18H2,1H3. The number of rotatable bonds is 6. The Hall–Kier alpha value is -1.67. The third-order valence-electron chi connectivity index (χ3n) is 2.94. The van der Waals surface area contributed by atoms with Gasteiger partial charge in [0.15, 0.2) is 0 Å². The van der Waals surface area contributed by atoms with Gasteiger partial charge in [-0.15, -0.1) is 0 Å². The van der Waals surface area contributed by atoms with E-state index in [-0.39, 0.29) is 12.1 Å². The molecule has 0 saturated heterocycles. The number of nitrogens with two attached hydrogens (primary N) is 1. The normalized spacial score (nSPS) is 14.6. The van der Waals surface area contributed by atoms with E-state index in [0.29, 0.717) is 0 Å². The zero-order valence-electron chi connectivity index (χ0n) is 11.2. The van der Waals surface area contributed by atoms with Crippen molar-refractivity contribution in [1.29, 1.82) is 0 Å². The molecule has 0 heterocycles. The van der Waals surface area contributed by atoms with Crippen LogP contribution in [-0.2, 0) is 19.7 Å². The molecule has 0 radical (unpaired) electrons. The number of hydrogen-bond donors (Lipinski definition) is 1. The van der Waals surface area contributed by atoms with Crippen LogP contribution in [0.5, 0.6) is 0 Å². The van der Waals surface area contributed by atoms with E-state index in [4.69, 9.17) is 5.73 Å². The van der Waals surface area contributed by atoms with Crippen molar-refractivity contribution < 1.29 is 31.8 Å². The highest BCUT2D eigenvalue weighted by molar-refractivity contribution is 5.83. The van der Waals surface area contributed by atoms with E-state index in [1.165, 1.54) is 12.1 Å². The third-order valence-corrected chi connectivity index (χ3v) is 2.94. The van der Waals surface area contributed by atoms with Gasteiger partial charge in [-0.1, -0.05) is 12.1 Å². The van der Waals surface area contributed by atoms with E-state index in [2.05, 4.69) is 9.47 Å². The quantitative estimate of drug-likeness (QED) is 0.643. The Morgan fingerprint density at radius 1 is 1.19 bits per heavy atom. The maximum absolute atomic E-state index is 12.9. The van der Waals surface area contributed by atoms with Crippen molar-refractivity contribution in [2.45, 2.75) is 11.6 Å². The SMILES string of the molecule is COC(=O)C(CN)(COCC(F)(F)F)c1ccc(F)cc1. The molecule has 118 valence electrons. The molecule has 1 aromatic carbocycles. The third kappa shape index (κ3) is 4.40. The number of hydrogen-bond acceptors (Lipinski definition) is 4. The second-order valence-corrected chi connectivity index (χ2v) is 4.39. The van der Waals surface area contributed by atoms with Gasteiger partial charge in [0.1, 0.15) is 17.8 Å². The van der Waals surface area contributed by atoms with Gasteiger partial charge in [0, 0.05) is 6.54 Å². The molecule has 0 spiro atoms. The fraction of sp³-hybridized carbons (Fsp3) is 0.462. The molecule has 1 aromatic rings. The number of esters is 1. The van der Waals surface area contributed by atoms with Crippen molar-refractivity contribution in [1.82, 2.24) is 0 Å². The Morgan fingerprint density at radius 3 is 2.19 bits per heavy atom. The molecule has 0 bridgehead atoms. The monoisotopic (exact) mass is 309 g/mol. The molecule has 1 rings (SSSR count). The van der Waals surface area contributed by atoms with Crippen LogP contribution in [-0.4, -0.2) is 39.0 Å². The molecular formula is C13H15F4NO3. The van der Waals surface area contributed by atoms with Crippen molar-refractivity contribution in [2.24, 2.45) is 5.73 Å². The van der Waals surface area contributed by atoms with Crippen molar-refractivity contribution in [3.63, 3.8) is 0 Å². The van der Waals surface area contributed by atoms with Crippen molar-refractivity contribution in [2.75, 3.05) is 26.9 Å². The van der Waals surface area contributed by atoms with E-state index in [0.717, 1.165) is 19.2 Å². The predicted octanol–water partition coefficient (Wildman–Crippen LogP) is 1.77. The van der Waals surface area contributed by atoms with Gasteiger partial charge >= 0.3 is 12.1 Å². The summed E-state index contributed by atoms with van der Waals surface area (Å²) in [6.07, 6.45) is -4.53. The summed E-state index contributed by atoms with van der Waals surface area (Å²) >= 11 is 0. The van der Waals surface area contributed by atoms with Crippen LogP contribution in [0.4, 0.5) is 17.6 Å². The van der Waals surface area contributed by atoms with Crippen LogP contribution in [0.1, 0.15) is 5.56 Å². The van der Waals surface area contributed by atoms with Gasteiger partial charge < -0.3 is 15.2 Å². The fourth-order valence-corrected chi connectivity index (χ4v) is 1.83. The maximum Gasteiger partial charge on any atom is 0.411 e. The minimum absolute atomic E-state index is 0.223. The Kier molecular flexibility index (Phi) is 5.68. The molecule has 0 aliphatic heterocycles. The lowest BCUT2D eigenvalue weighted by atomic mass is 9.81. The van der Waals surface area contributed by atoms with E-state index in [1.807, 2.05) is 0 Å². The molecule has 8 heteroatoms. The first-order valence-corrected chi connectivity index (χ1v) is 5.94. The molecule has 0 aromatic heterocycles. The van der Waals surface area contributed by atoms with Crippen molar-refractivity contribution >= 4 is 5.97 Å². The number of halogens is 4. The van der Waals surface area contributed by atoms with E-state index in [9.17, 15) is 22.4 Å². The minimum Gasteiger partial charge on any atom is -0.468 e. The number of ether oxygens (including phenoxy) is 2. The topological polar surface area (TPSA) is 61.5 Å². The van der Waals surface area contributed by atoms with Crippen LogP contribution < -0.4 is 5.73 Å². The van der Waals surface area contributed by atoms with Crippen molar-refractivity contribution in [3.05, 3.63) is 35.6 Å². The van der Waals surface area contributed by atoms with Crippen LogP contribution in [0.25, 0.3) is 0 Å². The van der Waals surface area contributed by atoms with Crippen LogP contribution in [0.15, 0.2) is 24.3 Å². The van der Waals surface area contributed by atoms with E-state index < -0.39 is 36.6 Å². The average Bonchev–Trinajstić information content (AvgIpc) is 2.43. The van der Waals surface area contributed by atoms with Crippen LogP contribution in [0.2, 0.25) is 0 Å². The summed E-state index contributed by atoms with van der Waals surface area (Å²) in [6, 6.07) is 4.67. The molecule has 21 heavy (non-hydrogen) atoms. The Balaban J connectivity index is 3.04. The zero-order valence-corrected chi connectivity index (χ0v) is 11.2. The second-order valence-electron chi connectivity index (χ2n) is 4.39. The molecule has 0 aliphatic rings. The summed E-state index contributed by atoms with van der Waals surface area (Å²) in [5, 5.41) is 0. The first kappa shape index (κ1) is 17.4. The van der Waals surface area contributed by atoms with Crippen molar-refractivity contribution in [3.8, 4) is 0 Å². The van der Waals surface area contributed by atoms with Gasteiger partial charge in [-0.05, 0) is 17.7 Å². The van der Waals surface area contributed by atoms with Crippen LogP contribution in [0, 0.1) is 5.82 Å². The highest BCUT2D eigenvalue weighted by atomic mass is 19.4. The number of methoxy groups -OCH3 is 1. The summed E-state index contributed by atoms with van der Waals surface area (Å²) in [5.41, 5.74) is 4.15. The molecule has 0 saturated carbocycles. The summed E-state index contributed by atoms with van der Waals surface area (Å²) in [5.74, 6) is -1.40. The summed E-state index contributed by atoms with van der Waals surface area (Å²) in [4.78, 5) is 11.9. The lowest BCUT2D eigenvalue weighted by Gasteiger charge is -2.30. The number of carbonyl (C=O) groups is 1. The van der Waals surface area contributed by atoms with Gasteiger partial charge in [0.25, 0.3) is 0 Å². The fourth-order valence-electron chi connectivity index (χ4n) is 1.83. The summed E-state index contributed by atoms with van der Waals surface area (Å²) in [6.45, 7) is -2.49. The predicted molar refractivity (Wildman–Crippen MR) is 66.0 cm³/mol. The van der Waals surface area contributed by atoms with Gasteiger partial charge in [0.05, 0.1) is 13.7 Å². The van der Waals surface area contributed by atoms with E-state index in [1.54, 1.807) is 0 Å². The summed E-state index contributed by atoms with van der Waals surface area (Å²) < 4.78 is 58.6. The average molecular weight is 309 g/mol. The molecular weight excluding hydrogens is 294 g/mol. The molecule has 4 nitrogen and oxygen atoms in total. The first-order chi connectivity index (χ1) is 9.75. The van der Waals surface area contributed by atoms with Crippen LogP contribution >= 0.6 is 0 Å². The van der Waals surface area contributed by atoms with Crippen LogP contribution in [0.3, 0.4) is 0 Å². The van der Waals surface area contributed by atoms with Gasteiger partial charge in [-0.25, -0.2) is 4.39 Å². The number of alkyl halides is 3. The van der Waals surface area contributed by atoms with Gasteiger partial charge in [0.2, 0.25) is 0 Å². The zero-order chi connectivity index (χ0) is 16.1. The lowest BCUT2D eigenvalue weighted by Crippen LogP contribution is -2.48. The smallest absolute Gasteiger partial charge is 0.411 e. The molecule has 0 amide bonds. The minimum atomic E-state index is -4.53. The molecule has 0 fully saturated rings.